The molecular formula is C6H11O8PZr. The maximum Gasteiger partial charge on any atom is 2.00 e. The minimum Gasteiger partial charge on any atom is -0.790 e. The molecule has 0 rings (SSSR count). The third-order valence-corrected chi connectivity index (χ3v) is 1.03. The molecule has 0 aromatic carbocycles. The van der Waals surface area contributed by atoms with Crippen LogP contribution in [0.5, 0.6) is 0 Å². The Morgan fingerprint density at radius 1 is 1.00 bits per heavy atom. The molecule has 0 aliphatic carbocycles. The van der Waals surface area contributed by atoms with Gasteiger partial charge in [-0.3, -0.25) is 9.59 Å². The molecule has 0 bridgehead atoms. The summed E-state index contributed by atoms with van der Waals surface area (Å²) in [6, 6.07) is 0. The van der Waals surface area contributed by atoms with Crippen LogP contribution in [-0.4, -0.2) is 27.0 Å². The van der Waals surface area contributed by atoms with Crippen LogP contribution in [-0.2, 0) is 40.4 Å². The van der Waals surface area contributed by atoms with Crippen molar-refractivity contribution in [1.82, 2.24) is 0 Å². The van der Waals surface area contributed by atoms with Crippen LogP contribution in [0.25, 0.3) is 0 Å². The first kappa shape index (κ1) is 21.2. The van der Waals surface area contributed by atoms with Crippen molar-refractivity contribution in [3.63, 3.8) is 0 Å². The van der Waals surface area contributed by atoms with E-state index in [4.69, 9.17) is 29.5 Å². The SMILES string of the molecule is O=C(O)CCCCC(=O)O.O=P([O-])([O-])O.[Zr+2]. The molecule has 0 aromatic rings. The molecule has 0 unspecified atom stereocenters. The molecule has 0 amide bonds. The van der Waals surface area contributed by atoms with Crippen LogP contribution in [0.4, 0.5) is 0 Å². The van der Waals surface area contributed by atoms with Crippen molar-refractivity contribution in [2.75, 3.05) is 0 Å². The molecule has 0 aliphatic rings. The number of carbonyl (C=O) groups is 2. The second-order valence-electron chi connectivity index (χ2n) is 2.46. The number of hydrogen-bond donors (Lipinski definition) is 3. The van der Waals surface area contributed by atoms with Gasteiger partial charge in [0.15, 0.2) is 0 Å². The van der Waals surface area contributed by atoms with E-state index in [9.17, 15) is 9.59 Å². The number of hydrogen-bond acceptors (Lipinski definition) is 5. The average Bonchev–Trinajstić information content (AvgIpc) is 1.94. The number of aliphatic carboxylic acids is 2. The van der Waals surface area contributed by atoms with E-state index in [0.29, 0.717) is 12.8 Å². The van der Waals surface area contributed by atoms with Gasteiger partial charge in [-0.05, 0) is 12.8 Å². The Hall–Kier alpha value is -0.0669. The summed E-state index contributed by atoms with van der Waals surface area (Å²) in [5.74, 6) is -1.74. The minimum absolute atomic E-state index is 0. The topological polar surface area (TPSA) is 158 Å². The van der Waals surface area contributed by atoms with Crippen molar-refractivity contribution in [3.8, 4) is 0 Å². The number of carboxylic acids is 2. The molecule has 0 aromatic heterocycles. The standard InChI is InChI=1S/C6H10O4.H3O4P.Zr/c7-5(8)3-1-2-4-6(9)10;1-5(2,3)4;/h1-4H2,(H,7,8)(H,9,10);(H3,1,2,3,4);/q;;+2/p-2. The Balaban J connectivity index is -0.000000242. The smallest absolute Gasteiger partial charge is 0.790 e. The summed E-state index contributed by atoms with van der Waals surface area (Å²) < 4.78 is 8.66. The van der Waals surface area contributed by atoms with Crippen molar-refractivity contribution in [2.24, 2.45) is 0 Å². The Morgan fingerprint density at radius 2 is 1.19 bits per heavy atom. The molecular weight excluding hydrogens is 322 g/mol. The maximum atomic E-state index is 9.90. The van der Waals surface area contributed by atoms with E-state index >= 15 is 0 Å². The fourth-order valence-electron chi connectivity index (χ4n) is 0.552. The average molecular weight is 333 g/mol. The predicted molar refractivity (Wildman–Crippen MR) is 43.6 cm³/mol. The van der Waals surface area contributed by atoms with Crippen molar-refractivity contribution in [1.29, 1.82) is 0 Å². The Bertz CT molecular complexity index is 225. The van der Waals surface area contributed by atoms with E-state index in [2.05, 4.69) is 0 Å². The quantitative estimate of drug-likeness (QED) is 0.406. The van der Waals surface area contributed by atoms with Gasteiger partial charge in [0.2, 0.25) is 0 Å². The Morgan fingerprint density at radius 3 is 1.31 bits per heavy atom. The van der Waals surface area contributed by atoms with Crippen LogP contribution in [0, 0.1) is 0 Å². The van der Waals surface area contributed by atoms with E-state index in [1.807, 2.05) is 0 Å². The number of phosphoric acid groups is 1. The molecule has 0 aliphatic heterocycles. The van der Waals surface area contributed by atoms with Gasteiger partial charge in [0.05, 0.1) is 7.82 Å². The summed E-state index contributed by atoms with van der Waals surface area (Å²) in [6.45, 7) is 0. The van der Waals surface area contributed by atoms with Gasteiger partial charge < -0.3 is 29.5 Å². The van der Waals surface area contributed by atoms with E-state index in [1.54, 1.807) is 0 Å². The Kier molecular flexibility index (Phi) is 15.2. The molecule has 3 N–H and O–H groups in total. The summed E-state index contributed by atoms with van der Waals surface area (Å²) in [7, 11) is -5.14. The second-order valence-corrected chi connectivity index (χ2v) is 3.40. The van der Waals surface area contributed by atoms with Crippen molar-refractivity contribution >= 4 is 19.8 Å². The maximum absolute atomic E-state index is 9.90. The zero-order chi connectivity index (χ0) is 12.5. The van der Waals surface area contributed by atoms with Crippen molar-refractivity contribution < 1.29 is 65.3 Å². The van der Waals surface area contributed by atoms with Gasteiger partial charge in [0.25, 0.3) is 0 Å². The van der Waals surface area contributed by atoms with Gasteiger partial charge in [-0.2, -0.15) is 0 Å². The molecule has 0 radical (unpaired) electrons. The monoisotopic (exact) mass is 332 g/mol. The fourth-order valence-corrected chi connectivity index (χ4v) is 0.552. The van der Waals surface area contributed by atoms with Crippen LogP contribution >= 0.6 is 7.82 Å². The van der Waals surface area contributed by atoms with E-state index in [-0.39, 0.29) is 39.0 Å². The van der Waals surface area contributed by atoms with Crippen LogP contribution < -0.4 is 9.79 Å². The van der Waals surface area contributed by atoms with Gasteiger partial charge in [0.1, 0.15) is 0 Å². The summed E-state index contributed by atoms with van der Waals surface area (Å²) >= 11 is 0. The van der Waals surface area contributed by atoms with E-state index in [1.165, 1.54) is 0 Å². The molecule has 0 atom stereocenters. The van der Waals surface area contributed by atoms with Gasteiger partial charge in [-0.15, -0.1) is 0 Å². The van der Waals surface area contributed by atoms with Crippen molar-refractivity contribution in [3.05, 3.63) is 0 Å². The van der Waals surface area contributed by atoms with Gasteiger partial charge in [-0.25, -0.2) is 0 Å². The van der Waals surface area contributed by atoms with Gasteiger partial charge in [0, 0.05) is 12.8 Å². The van der Waals surface area contributed by atoms with Crippen LogP contribution in [0.3, 0.4) is 0 Å². The Labute approximate surface area is 111 Å². The molecule has 16 heavy (non-hydrogen) atoms. The van der Waals surface area contributed by atoms with Crippen molar-refractivity contribution in [2.45, 2.75) is 25.7 Å². The third-order valence-electron chi connectivity index (χ3n) is 1.03. The second kappa shape index (κ2) is 11.4. The zero-order valence-corrected chi connectivity index (χ0v) is 11.5. The third kappa shape index (κ3) is 48.5. The summed E-state index contributed by atoms with van der Waals surface area (Å²) in [4.78, 5) is 44.1. The molecule has 0 heterocycles. The van der Waals surface area contributed by atoms with E-state index in [0.717, 1.165) is 0 Å². The molecule has 8 nitrogen and oxygen atoms in total. The summed E-state index contributed by atoms with van der Waals surface area (Å²) in [5, 5.41) is 16.3. The minimum atomic E-state index is -5.14. The molecule has 10 heteroatoms. The van der Waals surface area contributed by atoms with Gasteiger partial charge >= 0.3 is 38.1 Å². The number of unbranched alkanes of at least 4 members (excludes halogenated alkanes) is 1. The first-order valence-corrected chi connectivity index (χ1v) is 5.31. The van der Waals surface area contributed by atoms with E-state index < -0.39 is 19.8 Å². The molecule has 0 saturated heterocycles. The summed E-state index contributed by atoms with van der Waals surface area (Å²) in [6.07, 6.45) is 1.02. The molecule has 92 valence electrons. The number of carboxylic acid groups (broad SMARTS) is 2. The summed E-state index contributed by atoms with van der Waals surface area (Å²) in [5.41, 5.74) is 0. The zero-order valence-electron chi connectivity index (χ0n) is 8.16. The molecule has 0 saturated carbocycles. The van der Waals surface area contributed by atoms with Gasteiger partial charge in [-0.1, -0.05) is 0 Å². The molecule has 0 fully saturated rings. The molecule has 0 spiro atoms. The van der Waals surface area contributed by atoms with Crippen LogP contribution in [0.1, 0.15) is 25.7 Å². The normalized spacial score (nSPS) is 9.44. The van der Waals surface area contributed by atoms with Crippen LogP contribution in [0.2, 0.25) is 0 Å². The number of rotatable bonds is 5. The first-order valence-electron chi connectivity index (χ1n) is 3.81. The first-order chi connectivity index (χ1) is 6.63. The fraction of sp³-hybridized carbons (Fsp3) is 0.667. The predicted octanol–water partition coefficient (Wildman–Crippen LogP) is -1.48. The van der Waals surface area contributed by atoms with Crippen LogP contribution in [0.15, 0.2) is 0 Å². The largest absolute Gasteiger partial charge is 2.00 e.